The van der Waals surface area contributed by atoms with Crippen LogP contribution in [0.2, 0.25) is 5.02 Å². The Balaban J connectivity index is 0.000000523. The average Bonchev–Trinajstić information content (AvgIpc) is 2.79. The molecule has 164 valence electrons. The highest BCUT2D eigenvalue weighted by molar-refractivity contribution is 7.95. The second-order valence-corrected chi connectivity index (χ2v) is 11.0. The van der Waals surface area contributed by atoms with Crippen molar-refractivity contribution in [3.8, 4) is 0 Å². The fourth-order valence-electron chi connectivity index (χ4n) is 3.63. The van der Waals surface area contributed by atoms with Crippen LogP contribution in [0.15, 0.2) is 115 Å². The van der Waals surface area contributed by atoms with Gasteiger partial charge in [-0.05, 0) is 54.1 Å². The van der Waals surface area contributed by atoms with Crippen molar-refractivity contribution in [1.82, 2.24) is 0 Å². The van der Waals surface area contributed by atoms with Crippen molar-refractivity contribution >= 4 is 42.0 Å². The maximum Gasteiger partial charge on any atom is 0.673 e. The molecular weight excluding hydrogens is 454 g/mol. The van der Waals surface area contributed by atoms with E-state index in [2.05, 4.69) is 103 Å². The first kappa shape index (κ1) is 24.0. The Hall–Kier alpha value is -2.62. The lowest BCUT2D eigenvalue weighted by atomic mass is 10.2. The van der Waals surface area contributed by atoms with Crippen molar-refractivity contribution in [2.75, 3.05) is 0 Å². The van der Waals surface area contributed by atoms with E-state index in [-0.39, 0.29) is 0 Å². The predicted molar refractivity (Wildman–Crippen MR) is 130 cm³/mol. The number of halogens is 5. The van der Waals surface area contributed by atoms with Gasteiger partial charge >= 0.3 is 7.25 Å². The normalized spacial score (nSPS) is 11.4. The number of benzene rings is 4. The molecule has 0 radical (unpaired) electrons. The van der Waals surface area contributed by atoms with Crippen LogP contribution in [0.5, 0.6) is 0 Å². The van der Waals surface area contributed by atoms with Gasteiger partial charge in [-0.25, -0.2) is 0 Å². The Morgan fingerprint density at radius 1 is 0.531 bits per heavy atom. The second-order valence-electron chi connectivity index (χ2n) is 7.10. The third-order valence-corrected chi connectivity index (χ3v) is 9.55. The van der Waals surface area contributed by atoms with Crippen molar-refractivity contribution in [3.05, 3.63) is 126 Å². The summed E-state index contributed by atoms with van der Waals surface area (Å²) in [5.41, 5.74) is 1.31. The van der Waals surface area contributed by atoms with Gasteiger partial charge < -0.3 is 17.3 Å². The second kappa shape index (κ2) is 10.8. The van der Waals surface area contributed by atoms with Gasteiger partial charge in [0.05, 0.1) is 6.16 Å². The van der Waals surface area contributed by atoms with Crippen LogP contribution in [0.25, 0.3) is 0 Å². The van der Waals surface area contributed by atoms with Crippen LogP contribution in [0.4, 0.5) is 17.3 Å². The molecule has 0 atom stereocenters. The first-order chi connectivity index (χ1) is 15.3. The summed E-state index contributed by atoms with van der Waals surface area (Å²) in [4.78, 5) is 0. The van der Waals surface area contributed by atoms with E-state index in [9.17, 15) is 17.3 Å². The topological polar surface area (TPSA) is 0 Å². The van der Waals surface area contributed by atoms with E-state index in [1.807, 2.05) is 12.1 Å². The van der Waals surface area contributed by atoms with Crippen LogP contribution >= 0.6 is 18.9 Å². The zero-order chi connectivity index (χ0) is 23.0. The Bertz CT molecular complexity index is 987. The zero-order valence-electron chi connectivity index (χ0n) is 17.1. The van der Waals surface area contributed by atoms with Crippen LogP contribution in [-0.4, -0.2) is 7.25 Å². The summed E-state index contributed by atoms with van der Waals surface area (Å²) in [5.74, 6) is 0. The summed E-state index contributed by atoms with van der Waals surface area (Å²) in [7, 11) is -7.83. The van der Waals surface area contributed by atoms with Gasteiger partial charge in [0, 0.05) is 5.02 Å². The van der Waals surface area contributed by atoms with Crippen molar-refractivity contribution in [2.45, 2.75) is 6.16 Å². The molecule has 32 heavy (non-hydrogen) atoms. The third kappa shape index (κ3) is 6.45. The predicted octanol–water partition coefficient (Wildman–Crippen LogP) is 7.13. The molecule has 0 amide bonds. The summed E-state index contributed by atoms with van der Waals surface area (Å²) >= 11 is 6.14. The molecule has 0 spiro atoms. The minimum Gasteiger partial charge on any atom is -0.418 e. The first-order valence-electron chi connectivity index (χ1n) is 9.96. The lowest BCUT2D eigenvalue weighted by Gasteiger charge is -2.27. The Morgan fingerprint density at radius 2 is 0.844 bits per heavy atom. The van der Waals surface area contributed by atoms with E-state index in [0.29, 0.717) is 0 Å². The van der Waals surface area contributed by atoms with E-state index in [4.69, 9.17) is 11.6 Å². The van der Waals surface area contributed by atoms with Gasteiger partial charge in [-0.1, -0.05) is 78.3 Å². The summed E-state index contributed by atoms with van der Waals surface area (Å²) in [5, 5.41) is 4.98. The third-order valence-electron chi connectivity index (χ3n) is 4.92. The van der Waals surface area contributed by atoms with Gasteiger partial charge in [-0.2, -0.15) is 0 Å². The molecule has 0 aromatic heterocycles. The van der Waals surface area contributed by atoms with Gasteiger partial charge in [0.25, 0.3) is 0 Å². The fraction of sp³-hybridized carbons (Fsp3) is 0.0400. The molecule has 0 saturated heterocycles. The van der Waals surface area contributed by atoms with Crippen molar-refractivity contribution in [3.63, 3.8) is 0 Å². The largest absolute Gasteiger partial charge is 0.673 e. The van der Waals surface area contributed by atoms with E-state index in [0.717, 1.165) is 11.2 Å². The molecule has 4 aromatic carbocycles. The Morgan fingerprint density at radius 3 is 1.16 bits per heavy atom. The van der Waals surface area contributed by atoms with E-state index in [1.165, 1.54) is 21.5 Å². The quantitative estimate of drug-likeness (QED) is 0.164. The molecule has 0 bridgehead atoms. The van der Waals surface area contributed by atoms with Crippen molar-refractivity contribution < 1.29 is 17.3 Å². The maximum atomic E-state index is 9.75. The molecular formula is C25H21BClF4P. The summed E-state index contributed by atoms with van der Waals surface area (Å²) < 4.78 is 39.0. The Kier molecular flexibility index (Phi) is 8.12. The Labute approximate surface area is 191 Å². The minimum atomic E-state index is -6.00. The fourth-order valence-corrected chi connectivity index (χ4v) is 8.00. The van der Waals surface area contributed by atoms with Crippen LogP contribution in [0.1, 0.15) is 5.56 Å². The zero-order valence-corrected chi connectivity index (χ0v) is 18.7. The standard InChI is InChI=1S/C25H21ClP.BF4/c26-22-18-16-21(17-19-22)20-27(23-10-4-1-5-11-23,24-12-6-2-7-13-24)25-14-8-3-9-15-25;2-1(3,4)5/h1-19H,20H2;/q+1;-1. The summed E-state index contributed by atoms with van der Waals surface area (Å²) in [6, 6.07) is 41.2. The van der Waals surface area contributed by atoms with Gasteiger partial charge in [-0.3, -0.25) is 0 Å². The molecule has 0 heterocycles. The van der Waals surface area contributed by atoms with E-state index >= 15 is 0 Å². The lowest BCUT2D eigenvalue weighted by Crippen LogP contribution is -2.32. The molecule has 0 aliphatic heterocycles. The van der Waals surface area contributed by atoms with E-state index in [1.54, 1.807) is 0 Å². The molecule has 0 nitrogen and oxygen atoms in total. The highest BCUT2D eigenvalue weighted by Gasteiger charge is 2.45. The highest BCUT2D eigenvalue weighted by atomic mass is 35.5. The van der Waals surface area contributed by atoms with Gasteiger partial charge in [0.2, 0.25) is 0 Å². The smallest absolute Gasteiger partial charge is 0.418 e. The van der Waals surface area contributed by atoms with Crippen LogP contribution in [0.3, 0.4) is 0 Å². The molecule has 4 rings (SSSR count). The number of rotatable bonds is 5. The highest BCUT2D eigenvalue weighted by Crippen LogP contribution is 2.58. The molecule has 0 aliphatic rings. The molecule has 0 saturated carbocycles. The molecule has 0 unspecified atom stereocenters. The summed E-state index contributed by atoms with van der Waals surface area (Å²) in [6.07, 6.45) is 0.974. The monoisotopic (exact) mass is 474 g/mol. The first-order valence-corrected chi connectivity index (χ1v) is 12.3. The van der Waals surface area contributed by atoms with Gasteiger partial charge in [0.1, 0.15) is 23.2 Å². The summed E-state index contributed by atoms with van der Waals surface area (Å²) in [6.45, 7) is 0. The van der Waals surface area contributed by atoms with E-state index < -0.39 is 14.5 Å². The number of hydrogen-bond acceptors (Lipinski definition) is 0. The molecule has 7 heteroatoms. The number of hydrogen-bond donors (Lipinski definition) is 0. The van der Waals surface area contributed by atoms with Crippen molar-refractivity contribution in [1.29, 1.82) is 0 Å². The lowest BCUT2D eigenvalue weighted by molar-refractivity contribution is 0.368. The van der Waals surface area contributed by atoms with Gasteiger partial charge in [0.15, 0.2) is 0 Å². The van der Waals surface area contributed by atoms with Crippen molar-refractivity contribution in [2.24, 2.45) is 0 Å². The van der Waals surface area contributed by atoms with Crippen LogP contribution in [0, 0.1) is 0 Å². The van der Waals surface area contributed by atoms with Crippen LogP contribution in [-0.2, 0) is 6.16 Å². The van der Waals surface area contributed by atoms with Gasteiger partial charge in [-0.15, -0.1) is 0 Å². The molecule has 0 aliphatic carbocycles. The molecule has 0 fully saturated rings. The SMILES string of the molecule is Clc1ccc(C[P+](c2ccccc2)(c2ccccc2)c2ccccc2)cc1.F[B-](F)(F)F. The molecule has 4 aromatic rings. The maximum absolute atomic E-state index is 9.75. The minimum absolute atomic E-state index is 0.779. The molecule has 0 N–H and O–H groups in total. The average molecular weight is 475 g/mol. The van der Waals surface area contributed by atoms with Crippen LogP contribution < -0.4 is 15.9 Å².